The van der Waals surface area contributed by atoms with Gasteiger partial charge in [-0.05, 0) is 57.2 Å². The average Bonchev–Trinajstić information content (AvgIpc) is 3.04. The normalized spacial score (nSPS) is 10.8. The number of fused-ring (bicyclic) bond motifs is 1. The number of anilines is 1. The Balaban J connectivity index is 1.70. The second kappa shape index (κ2) is 8.91. The lowest BCUT2D eigenvalue weighted by Crippen LogP contribution is -2.34. The Bertz CT molecular complexity index is 1050. The van der Waals surface area contributed by atoms with Crippen LogP contribution in [0.1, 0.15) is 29.2 Å². The first-order chi connectivity index (χ1) is 13.9. The molecule has 152 valence electrons. The summed E-state index contributed by atoms with van der Waals surface area (Å²) < 4.78 is 11.9. The number of nitrogens with one attached hydrogen (secondary N) is 2. The molecule has 2 amide bonds. The fourth-order valence-electron chi connectivity index (χ4n) is 2.76. The van der Waals surface area contributed by atoms with Crippen molar-refractivity contribution >= 4 is 39.1 Å². The molecule has 3 rings (SSSR count). The van der Waals surface area contributed by atoms with Gasteiger partial charge in [0.2, 0.25) is 0 Å². The van der Waals surface area contributed by atoms with Crippen LogP contribution in [0.25, 0.3) is 10.2 Å². The van der Waals surface area contributed by atoms with E-state index in [1.165, 1.54) is 7.11 Å². The topological polar surface area (TPSA) is 89.6 Å². The lowest BCUT2D eigenvalue weighted by Gasteiger charge is -2.13. The Morgan fingerprint density at radius 1 is 1.14 bits per heavy atom. The van der Waals surface area contributed by atoms with Gasteiger partial charge in [0.25, 0.3) is 11.8 Å². The van der Waals surface area contributed by atoms with Crippen LogP contribution in [0, 0.1) is 6.92 Å². The molecule has 0 aliphatic rings. The number of carbonyl (C=O) groups is 2. The molecule has 7 nitrogen and oxygen atoms in total. The van der Waals surface area contributed by atoms with Crippen molar-refractivity contribution in [3.63, 3.8) is 0 Å². The van der Waals surface area contributed by atoms with Crippen LogP contribution < -0.4 is 20.1 Å². The van der Waals surface area contributed by atoms with Gasteiger partial charge in [-0.25, -0.2) is 4.98 Å². The number of methoxy groups -OCH3 is 1. The molecular weight excluding hydrogens is 390 g/mol. The molecule has 3 aromatic rings. The molecule has 0 saturated carbocycles. The molecule has 0 bridgehead atoms. The van der Waals surface area contributed by atoms with Crippen molar-refractivity contribution in [2.24, 2.45) is 0 Å². The summed E-state index contributed by atoms with van der Waals surface area (Å²) in [5.74, 6) is 0.276. The van der Waals surface area contributed by atoms with Crippen LogP contribution in [0.2, 0.25) is 0 Å². The van der Waals surface area contributed by atoms with Gasteiger partial charge < -0.3 is 20.1 Å². The predicted octanol–water partition coefficient (Wildman–Crippen LogP) is 3.77. The van der Waals surface area contributed by atoms with E-state index < -0.39 is 0 Å². The molecule has 0 saturated heterocycles. The van der Waals surface area contributed by atoms with Gasteiger partial charge in [-0.2, -0.15) is 0 Å². The van der Waals surface area contributed by atoms with Gasteiger partial charge in [-0.1, -0.05) is 0 Å². The molecule has 0 aliphatic heterocycles. The van der Waals surface area contributed by atoms with Gasteiger partial charge in [0.15, 0.2) is 18.1 Å². The van der Waals surface area contributed by atoms with E-state index in [0.717, 1.165) is 15.2 Å². The molecule has 0 radical (unpaired) electrons. The van der Waals surface area contributed by atoms with Crippen molar-refractivity contribution in [3.05, 3.63) is 47.0 Å². The van der Waals surface area contributed by atoms with E-state index in [-0.39, 0.29) is 24.5 Å². The maximum atomic E-state index is 12.6. The van der Waals surface area contributed by atoms with Crippen LogP contribution in [0.5, 0.6) is 11.5 Å². The molecule has 0 atom stereocenters. The first kappa shape index (κ1) is 20.6. The number of hydrogen-bond donors (Lipinski definition) is 2. The quantitative estimate of drug-likeness (QED) is 0.615. The van der Waals surface area contributed by atoms with E-state index in [4.69, 9.17) is 9.47 Å². The average molecular weight is 413 g/mol. The summed E-state index contributed by atoms with van der Waals surface area (Å²) in [7, 11) is 1.48. The Hall–Kier alpha value is -3.13. The maximum absolute atomic E-state index is 12.6. The fraction of sp³-hybridized carbons (Fsp3) is 0.286. The van der Waals surface area contributed by atoms with Crippen LogP contribution in [0.3, 0.4) is 0 Å². The lowest BCUT2D eigenvalue weighted by molar-refractivity contribution is -0.123. The van der Waals surface area contributed by atoms with Crippen LogP contribution in [0.4, 0.5) is 5.69 Å². The van der Waals surface area contributed by atoms with Crippen molar-refractivity contribution in [1.82, 2.24) is 10.3 Å². The Kier molecular flexibility index (Phi) is 6.33. The molecule has 1 aromatic heterocycles. The Morgan fingerprint density at radius 2 is 1.93 bits per heavy atom. The van der Waals surface area contributed by atoms with E-state index in [1.807, 2.05) is 39.0 Å². The molecule has 0 spiro atoms. The molecule has 1 heterocycles. The smallest absolute Gasteiger partial charge is 0.258 e. The van der Waals surface area contributed by atoms with Gasteiger partial charge >= 0.3 is 0 Å². The zero-order valence-electron chi connectivity index (χ0n) is 16.7. The van der Waals surface area contributed by atoms with E-state index in [2.05, 4.69) is 15.6 Å². The second-order valence-corrected chi connectivity index (χ2v) is 7.98. The highest BCUT2D eigenvalue weighted by Crippen LogP contribution is 2.29. The number of benzene rings is 2. The van der Waals surface area contributed by atoms with Crippen LogP contribution in [-0.2, 0) is 4.79 Å². The Labute approximate surface area is 173 Å². The van der Waals surface area contributed by atoms with Gasteiger partial charge in [-0.15, -0.1) is 11.3 Å². The van der Waals surface area contributed by atoms with E-state index >= 15 is 0 Å². The molecule has 0 aliphatic carbocycles. The third-order valence-electron chi connectivity index (χ3n) is 3.99. The Morgan fingerprint density at radius 3 is 2.66 bits per heavy atom. The number of rotatable bonds is 7. The minimum atomic E-state index is -0.270. The number of carbonyl (C=O) groups excluding carboxylic acids is 2. The van der Waals surface area contributed by atoms with Gasteiger partial charge in [0, 0.05) is 17.3 Å². The summed E-state index contributed by atoms with van der Waals surface area (Å²) in [6, 6.07) is 10.5. The van der Waals surface area contributed by atoms with Gasteiger partial charge in [-0.3, -0.25) is 9.59 Å². The van der Waals surface area contributed by atoms with Crippen molar-refractivity contribution in [2.45, 2.75) is 26.8 Å². The van der Waals surface area contributed by atoms with Crippen LogP contribution in [-0.4, -0.2) is 36.6 Å². The number of amides is 2. The summed E-state index contributed by atoms with van der Waals surface area (Å²) in [4.78, 5) is 28.8. The molecular formula is C21H23N3O4S. The van der Waals surface area contributed by atoms with E-state index in [0.29, 0.717) is 22.7 Å². The first-order valence-electron chi connectivity index (χ1n) is 9.14. The number of nitrogens with zero attached hydrogens (tertiary/aromatic N) is 1. The molecule has 0 unspecified atom stereocenters. The van der Waals surface area contributed by atoms with Crippen molar-refractivity contribution < 1.29 is 19.1 Å². The predicted molar refractivity (Wildman–Crippen MR) is 114 cm³/mol. The number of aromatic nitrogens is 1. The lowest BCUT2D eigenvalue weighted by atomic mass is 10.1. The minimum absolute atomic E-state index is 0.0344. The van der Waals surface area contributed by atoms with Crippen molar-refractivity contribution in [2.75, 3.05) is 19.0 Å². The monoisotopic (exact) mass is 413 g/mol. The van der Waals surface area contributed by atoms with Crippen LogP contribution >= 0.6 is 11.3 Å². The number of ether oxygens (including phenoxy) is 2. The van der Waals surface area contributed by atoms with Crippen molar-refractivity contribution in [1.29, 1.82) is 0 Å². The first-order valence-corrected chi connectivity index (χ1v) is 9.96. The van der Waals surface area contributed by atoms with Crippen molar-refractivity contribution in [3.8, 4) is 11.5 Å². The third-order valence-corrected chi connectivity index (χ3v) is 4.92. The highest BCUT2D eigenvalue weighted by Gasteiger charge is 2.14. The van der Waals surface area contributed by atoms with Gasteiger partial charge in [0.1, 0.15) is 0 Å². The summed E-state index contributed by atoms with van der Waals surface area (Å²) in [5.41, 5.74) is 2.02. The minimum Gasteiger partial charge on any atom is -0.493 e. The van der Waals surface area contributed by atoms with Crippen LogP contribution in [0.15, 0.2) is 36.4 Å². The number of hydrogen-bond acceptors (Lipinski definition) is 6. The summed E-state index contributed by atoms with van der Waals surface area (Å²) >= 11 is 1.58. The molecule has 2 aromatic carbocycles. The molecule has 8 heteroatoms. The largest absolute Gasteiger partial charge is 0.493 e. The zero-order chi connectivity index (χ0) is 21.0. The van der Waals surface area contributed by atoms with E-state index in [1.54, 1.807) is 29.5 Å². The highest BCUT2D eigenvalue weighted by atomic mass is 32.1. The number of aryl methyl sites for hydroxylation is 1. The standard InChI is InChI=1S/C21H23N3O4S/c1-12(2)22-20(25)11-28-17-8-5-14(9-18(17)27-4)21(26)24-15-6-7-16-19(10-15)29-13(3)23-16/h5-10,12H,11H2,1-4H3,(H,22,25)(H,24,26). The fourth-order valence-corrected chi connectivity index (χ4v) is 3.62. The molecule has 29 heavy (non-hydrogen) atoms. The maximum Gasteiger partial charge on any atom is 0.258 e. The molecule has 2 N–H and O–H groups in total. The number of thiazole rings is 1. The summed E-state index contributed by atoms with van der Waals surface area (Å²) in [6.07, 6.45) is 0. The highest BCUT2D eigenvalue weighted by molar-refractivity contribution is 7.18. The second-order valence-electron chi connectivity index (χ2n) is 6.75. The zero-order valence-corrected chi connectivity index (χ0v) is 17.6. The summed E-state index contributed by atoms with van der Waals surface area (Å²) in [5, 5.41) is 6.61. The SMILES string of the molecule is COc1cc(C(=O)Nc2ccc3nc(C)sc3c2)ccc1OCC(=O)NC(C)C. The summed E-state index contributed by atoms with van der Waals surface area (Å²) in [6.45, 7) is 5.57. The molecule has 0 fully saturated rings. The van der Waals surface area contributed by atoms with Gasteiger partial charge in [0.05, 0.1) is 22.3 Å². The van der Waals surface area contributed by atoms with E-state index in [9.17, 15) is 9.59 Å². The third kappa shape index (κ3) is 5.23.